The lowest BCUT2D eigenvalue weighted by molar-refractivity contribution is 0.102. The molecule has 2 rings (SSSR count). The number of pyridine rings is 1. The highest BCUT2D eigenvalue weighted by atomic mass is 16.1. The van der Waals surface area contributed by atoms with Crippen LogP contribution < -0.4 is 16.6 Å². The molecule has 0 aliphatic rings. The number of nitrogens with zero attached hydrogens (tertiary/aromatic N) is 1. The summed E-state index contributed by atoms with van der Waals surface area (Å²) in [5, 5.41) is 2.83. The summed E-state index contributed by atoms with van der Waals surface area (Å²) >= 11 is 0. The summed E-state index contributed by atoms with van der Waals surface area (Å²) in [5.74, 6) is 5.13. The van der Waals surface area contributed by atoms with Gasteiger partial charge in [-0.2, -0.15) is 0 Å². The Labute approximate surface area is 111 Å². The zero-order chi connectivity index (χ0) is 13.7. The molecule has 0 unspecified atom stereocenters. The van der Waals surface area contributed by atoms with Crippen molar-refractivity contribution in [1.82, 2.24) is 4.98 Å². The molecular formula is C14H16N4O. The molecule has 0 aliphatic carbocycles. The highest BCUT2D eigenvalue weighted by Gasteiger charge is 2.11. The van der Waals surface area contributed by atoms with E-state index in [2.05, 4.69) is 22.7 Å². The van der Waals surface area contributed by atoms with Gasteiger partial charge in [0.2, 0.25) is 0 Å². The van der Waals surface area contributed by atoms with E-state index in [9.17, 15) is 4.79 Å². The summed E-state index contributed by atoms with van der Waals surface area (Å²) in [4.78, 5) is 16.1. The molecule has 19 heavy (non-hydrogen) atoms. The van der Waals surface area contributed by atoms with Gasteiger partial charge in [0.05, 0.1) is 11.3 Å². The maximum Gasteiger partial charge on any atom is 0.259 e. The molecule has 5 heteroatoms. The van der Waals surface area contributed by atoms with Crippen LogP contribution in [0.2, 0.25) is 0 Å². The van der Waals surface area contributed by atoms with Crippen LogP contribution in [0.4, 0.5) is 11.4 Å². The van der Waals surface area contributed by atoms with Gasteiger partial charge in [0, 0.05) is 18.1 Å². The first-order valence-electron chi connectivity index (χ1n) is 6.05. The Morgan fingerprint density at radius 3 is 2.95 bits per heavy atom. The van der Waals surface area contributed by atoms with E-state index in [-0.39, 0.29) is 5.91 Å². The first kappa shape index (κ1) is 13.0. The van der Waals surface area contributed by atoms with Gasteiger partial charge in [-0.05, 0) is 30.2 Å². The number of hydrogen-bond donors (Lipinski definition) is 3. The molecule has 5 nitrogen and oxygen atoms in total. The number of aryl methyl sites for hydroxylation is 1. The van der Waals surface area contributed by atoms with E-state index in [0.717, 1.165) is 12.1 Å². The maximum absolute atomic E-state index is 12.1. The van der Waals surface area contributed by atoms with Gasteiger partial charge >= 0.3 is 0 Å². The molecule has 0 aliphatic heterocycles. The molecule has 4 N–H and O–H groups in total. The van der Waals surface area contributed by atoms with Gasteiger partial charge in [-0.3, -0.25) is 15.6 Å². The lowest BCUT2D eigenvalue weighted by Crippen LogP contribution is -2.17. The van der Waals surface area contributed by atoms with E-state index < -0.39 is 0 Å². The van der Waals surface area contributed by atoms with Crippen LogP contribution in [-0.2, 0) is 6.42 Å². The normalized spacial score (nSPS) is 10.0. The second-order valence-electron chi connectivity index (χ2n) is 4.07. The van der Waals surface area contributed by atoms with Crippen molar-refractivity contribution in [2.75, 3.05) is 10.7 Å². The van der Waals surface area contributed by atoms with Gasteiger partial charge in [-0.25, -0.2) is 0 Å². The monoisotopic (exact) mass is 256 g/mol. The predicted octanol–water partition coefficient (Wildman–Crippen LogP) is 2.18. The summed E-state index contributed by atoms with van der Waals surface area (Å²) in [7, 11) is 0. The summed E-state index contributed by atoms with van der Waals surface area (Å²) in [6, 6.07) is 9.39. The minimum Gasteiger partial charge on any atom is -0.323 e. The van der Waals surface area contributed by atoms with Crippen LogP contribution in [0.5, 0.6) is 0 Å². The first-order chi connectivity index (χ1) is 9.24. The molecule has 0 radical (unpaired) electrons. The van der Waals surface area contributed by atoms with Gasteiger partial charge in [0.1, 0.15) is 0 Å². The standard InChI is InChI=1S/C14H16N4O/c1-2-10-4-3-5-11(8-10)17-14(19)12-9-16-7-6-13(12)18-15/h3-9H,2,15H2,1H3,(H,16,18)(H,17,19). The number of benzene rings is 1. The summed E-state index contributed by atoms with van der Waals surface area (Å²) in [5.41, 5.74) is 5.36. The third-order valence-electron chi connectivity index (χ3n) is 2.81. The van der Waals surface area contributed by atoms with Crippen LogP contribution in [0, 0.1) is 0 Å². The van der Waals surface area contributed by atoms with E-state index in [4.69, 9.17) is 5.84 Å². The summed E-state index contributed by atoms with van der Waals surface area (Å²) < 4.78 is 0. The Morgan fingerprint density at radius 1 is 1.37 bits per heavy atom. The van der Waals surface area contributed by atoms with Crippen LogP contribution in [-0.4, -0.2) is 10.9 Å². The summed E-state index contributed by atoms with van der Waals surface area (Å²) in [6.45, 7) is 2.07. The van der Waals surface area contributed by atoms with Gasteiger partial charge < -0.3 is 10.7 Å². The van der Waals surface area contributed by atoms with Crippen molar-refractivity contribution in [1.29, 1.82) is 0 Å². The molecule has 0 fully saturated rings. The zero-order valence-corrected chi connectivity index (χ0v) is 10.7. The molecule has 1 aromatic heterocycles. The first-order valence-corrected chi connectivity index (χ1v) is 6.05. The van der Waals surface area contributed by atoms with Crippen molar-refractivity contribution in [2.24, 2.45) is 5.84 Å². The van der Waals surface area contributed by atoms with Gasteiger partial charge in [-0.15, -0.1) is 0 Å². The predicted molar refractivity (Wildman–Crippen MR) is 75.8 cm³/mol. The van der Waals surface area contributed by atoms with E-state index in [0.29, 0.717) is 11.3 Å². The minimum absolute atomic E-state index is 0.241. The lowest BCUT2D eigenvalue weighted by atomic mass is 10.1. The quantitative estimate of drug-likeness (QED) is 0.578. The molecule has 98 valence electrons. The SMILES string of the molecule is CCc1cccc(NC(=O)c2cnccc2NN)c1. The molecule has 0 saturated heterocycles. The van der Waals surface area contributed by atoms with Gasteiger partial charge in [0.25, 0.3) is 5.91 Å². The van der Waals surface area contributed by atoms with E-state index in [1.807, 2.05) is 24.3 Å². The van der Waals surface area contributed by atoms with E-state index in [1.165, 1.54) is 11.8 Å². The van der Waals surface area contributed by atoms with Gasteiger partial charge in [-0.1, -0.05) is 19.1 Å². The Hall–Kier alpha value is -2.40. The minimum atomic E-state index is -0.241. The number of nitrogens with one attached hydrogen (secondary N) is 2. The molecular weight excluding hydrogens is 240 g/mol. The lowest BCUT2D eigenvalue weighted by Gasteiger charge is -2.09. The number of aromatic nitrogens is 1. The van der Waals surface area contributed by atoms with Crippen LogP contribution in [0.25, 0.3) is 0 Å². The average Bonchev–Trinajstić information content (AvgIpc) is 2.47. The third-order valence-corrected chi connectivity index (χ3v) is 2.81. The molecule has 0 bridgehead atoms. The molecule has 0 saturated carbocycles. The average molecular weight is 256 g/mol. The Morgan fingerprint density at radius 2 is 2.21 bits per heavy atom. The fourth-order valence-electron chi connectivity index (χ4n) is 1.77. The molecule has 1 heterocycles. The molecule has 0 atom stereocenters. The van der Waals surface area contributed by atoms with E-state index >= 15 is 0 Å². The van der Waals surface area contributed by atoms with Crippen molar-refractivity contribution in [3.63, 3.8) is 0 Å². The number of nitrogens with two attached hydrogens (primary N) is 1. The third kappa shape index (κ3) is 3.08. The Kier molecular flexibility index (Phi) is 4.10. The molecule has 1 aromatic carbocycles. The highest BCUT2D eigenvalue weighted by molar-refractivity contribution is 6.07. The van der Waals surface area contributed by atoms with Crippen molar-refractivity contribution in [3.8, 4) is 0 Å². The molecule has 1 amide bonds. The van der Waals surface area contributed by atoms with Crippen molar-refractivity contribution < 1.29 is 4.79 Å². The zero-order valence-electron chi connectivity index (χ0n) is 10.7. The van der Waals surface area contributed by atoms with Gasteiger partial charge in [0.15, 0.2) is 0 Å². The number of nitrogen functional groups attached to an aromatic ring is 1. The second-order valence-corrected chi connectivity index (χ2v) is 4.07. The number of carbonyl (C=O) groups excluding carboxylic acids is 1. The Bertz CT molecular complexity index is 583. The second kappa shape index (κ2) is 5.97. The van der Waals surface area contributed by atoms with Crippen molar-refractivity contribution in [3.05, 3.63) is 53.9 Å². The number of anilines is 2. The highest BCUT2D eigenvalue weighted by Crippen LogP contribution is 2.16. The number of amides is 1. The van der Waals surface area contributed by atoms with Crippen molar-refractivity contribution >= 4 is 17.3 Å². The van der Waals surface area contributed by atoms with Crippen LogP contribution in [0.3, 0.4) is 0 Å². The maximum atomic E-state index is 12.1. The number of carbonyl (C=O) groups is 1. The number of hydrazine groups is 1. The van der Waals surface area contributed by atoms with Crippen LogP contribution in [0.1, 0.15) is 22.8 Å². The van der Waals surface area contributed by atoms with Crippen LogP contribution >= 0.6 is 0 Å². The van der Waals surface area contributed by atoms with Crippen LogP contribution in [0.15, 0.2) is 42.7 Å². The smallest absolute Gasteiger partial charge is 0.259 e. The number of hydrogen-bond acceptors (Lipinski definition) is 4. The fourth-order valence-corrected chi connectivity index (χ4v) is 1.77. The topological polar surface area (TPSA) is 80.0 Å². The molecule has 0 spiro atoms. The molecule has 2 aromatic rings. The van der Waals surface area contributed by atoms with Crippen molar-refractivity contribution in [2.45, 2.75) is 13.3 Å². The fraction of sp³-hybridized carbons (Fsp3) is 0.143. The number of rotatable bonds is 4. The largest absolute Gasteiger partial charge is 0.323 e. The summed E-state index contributed by atoms with van der Waals surface area (Å²) in [6.07, 6.45) is 3.98. The Balaban J connectivity index is 2.20. The van der Waals surface area contributed by atoms with E-state index in [1.54, 1.807) is 12.3 Å².